The maximum absolute atomic E-state index is 12.3. The lowest BCUT2D eigenvalue weighted by atomic mass is 10.1. The third-order valence-corrected chi connectivity index (χ3v) is 4.09. The molecule has 21 heavy (non-hydrogen) atoms. The van der Waals surface area contributed by atoms with Gasteiger partial charge in [-0.1, -0.05) is 23.7 Å². The molecule has 1 aliphatic rings. The number of hydrogen-bond donors (Lipinski definition) is 1. The van der Waals surface area contributed by atoms with Crippen LogP contribution in [-0.4, -0.2) is 60.1 Å². The van der Waals surface area contributed by atoms with Gasteiger partial charge in [0.05, 0.1) is 6.42 Å². The summed E-state index contributed by atoms with van der Waals surface area (Å²) in [6.07, 6.45) is 2.30. The fraction of sp³-hybridized carbons (Fsp3) is 0.562. The number of benzene rings is 1. The van der Waals surface area contributed by atoms with Gasteiger partial charge in [0.2, 0.25) is 5.91 Å². The fourth-order valence-corrected chi connectivity index (χ4v) is 2.81. The zero-order chi connectivity index (χ0) is 15.1. The van der Waals surface area contributed by atoms with Crippen molar-refractivity contribution >= 4 is 17.5 Å². The van der Waals surface area contributed by atoms with Gasteiger partial charge < -0.3 is 10.0 Å². The molecule has 2 rings (SSSR count). The SMILES string of the molecule is O=C(Cc1cccc(Cl)c1)N1CCN(CCCCO)CC1. The van der Waals surface area contributed by atoms with Crippen LogP contribution in [-0.2, 0) is 11.2 Å². The van der Waals surface area contributed by atoms with Gasteiger partial charge in [0.25, 0.3) is 0 Å². The molecule has 116 valence electrons. The van der Waals surface area contributed by atoms with E-state index in [0.29, 0.717) is 11.4 Å². The summed E-state index contributed by atoms with van der Waals surface area (Å²) < 4.78 is 0. The number of carbonyl (C=O) groups excluding carboxylic acids is 1. The van der Waals surface area contributed by atoms with Crippen LogP contribution in [0.4, 0.5) is 0 Å². The standard InChI is InChI=1S/C16H23ClN2O2/c17-15-5-3-4-14(12-15)13-16(21)19-9-7-18(8-10-19)6-1-2-11-20/h3-5,12,20H,1-2,6-11,13H2. The average molecular weight is 311 g/mol. The van der Waals surface area contributed by atoms with E-state index in [1.54, 1.807) is 0 Å². The van der Waals surface area contributed by atoms with Gasteiger partial charge in [0.15, 0.2) is 0 Å². The number of halogens is 1. The van der Waals surface area contributed by atoms with Crippen LogP contribution < -0.4 is 0 Å². The van der Waals surface area contributed by atoms with E-state index in [1.807, 2.05) is 29.2 Å². The first-order valence-corrected chi connectivity index (χ1v) is 7.92. The Morgan fingerprint density at radius 1 is 1.19 bits per heavy atom. The Hall–Kier alpha value is -1.10. The second-order valence-corrected chi connectivity index (χ2v) is 5.90. The van der Waals surface area contributed by atoms with E-state index in [-0.39, 0.29) is 12.5 Å². The molecular weight excluding hydrogens is 288 g/mol. The summed E-state index contributed by atoms with van der Waals surface area (Å²) in [6, 6.07) is 7.49. The van der Waals surface area contributed by atoms with Crippen LogP contribution in [0.15, 0.2) is 24.3 Å². The molecule has 1 aromatic rings. The Balaban J connectivity index is 1.75. The van der Waals surface area contributed by atoms with Crippen LogP contribution in [0.1, 0.15) is 18.4 Å². The predicted molar refractivity (Wildman–Crippen MR) is 84.5 cm³/mol. The van der Waals surface area contributed by atoms with Crippen LogP contribution in [0, 0.1) is 0 Å². The maximum atomic E-state index is 12.3. The Bertz CT molecular complexity index is 459. The van der Waals surface area contributed by atoms with Crippen molar-refractivity contribution in [1.82, 2.24) is 9.80 Å². The van der Waals surface area contributed by atoms with Gasteiger partial charge >= 0.3 is 0 Å². The van der Waals surface area contributed by atoms with Gasteiger partial charge in [-0.3, -0.25) is 9.69 Å². The number of piperazine rings is 1. The summed E-state index contributed by atoms with van der Waals surface area (Å²) >= 11 is 5.94. The van der Waals surface area contributed by atoms with Crippen molar-refractivity contribution in [3.8, 4) is 0 Å². The number of aliphatic hydroxyl groups is 1. The third-order valence-electron chi connectivity index (χ3n) is 3.85. The molecule has 0 saturated carbocycles. The first kappa shape index (κ1) is 16.3. The summed E-state index contributed by atoms with van der Waals surface area (Å²) in [5.41, 5.74) is 0.970. The molecule has 1 aromatic carbocycles. The minimum Gasteiger partial charge on any atom is -0.396 e. The van der Waals surface area contributed by atoms with Crippen LogP contribution in [0.2, 0.25) is 5.02 Å². The molecule has 1 amide bonds. The second-order valence-electron chi connectivity index (χ2n) is 5.46. The molecule has 1 fully saturated rings. The normalized spacial score (nSPS) is 16.2. The molecule has 0 unspecified atom stereocenters. The van der Waals surface area contributed by atoms with E-state index in [9.17, 15) is 4.79 Å². The highest BCUT2D eigenvalue weighted by molar-refractivity contribution is 6.30. The Morgan fingerprint density at radius 2 is 1.95 bits per heavy atom. The number of unbranched alkanes of at least 4 members (excludes halogenated alkanes) is 1. The Morgan fingerprint density at radius 3 is 2.62 bits per heavy atom. The first-order chi connectivity index (χ1) is 10.2. The van der Waals surface area contributed by atoms with Crippen molar-refractivity contribution in [3.63, 3.8) is 0 Å². The lowest BCUT2D eigenvalue weighted by Crippen LogP contribution is -2.49. The topological polar surface area (TPSA) is 43.8 Å². The van der Waals surface area contributed by atoms with E-state index < -0.39 is 0 Å². The summed E-state index contributed by atoms with van der Waals surface area (Å²) in [5, 5.41) is 9.46. The lowest BCUT2D eigenvalue weighted by Gasteiger charge is -2.34. The van der Waals surface area contributed by atoms with Gasteiger partial charge in [-0.25, -0.2) is 0 Å². The molecule has 0 aromatic heterocycles. The average Bonchev–Trinajstić information content (AvgIpc) is 2.48. The second kappa shape index (κ2) is 8.37. The van der Waals surface area contributed by atoms with Crippen LogP contribution in [0.3, 0.4) is 0 Å². The molecule has 1 saturated heterocycles. The molecule has 1 heterocycles. The van der Waals surface area contributed by atoms with E-state index in [1.165, 1.54) is 0 Å². The van der Waals surface area contributed by atoms with Gasteiger partial charge in [0, 0.05) is 37.8 Å². The molecule has 5 heteroatoms. The summed E-state index contributed by atoms with van der Waals surface area (Å²) in [7, 11) is 0. The number of rotatable bonds is 6. The van der Waals surface area contributed by atoms with Crippen LogP contribution in [0.25, 0.3) is 0 Å². The number of hydrogen-bond acceptors (Lipinski definition) is 3. The molecular formula is C16H23ClN2O2. The number of carbonyl (C=O) groups is 1. The highest BCUT2D eigenvalue weighted by Crippen LogP contribution is 2.13. The molecule has 0 aliphatic carbocycles. The van der Waals surface area contributed by atoms with Crippen molar-refractivity contribution < 1.29 is 9.90 Å². The number of nitrogens with zero attached hydrogens (tertiary/aromatic N) is 2. The van der Waals surface area contributed by atoms with Crippen molar-refractivity contribution in [1.29, 1.82) is 0 Å². The van der Waals surface area contributed by atoms with Crippen LogP contribution >= 0.6 is 11.6 Å². The Kier molecular flexibility index (Phi) is 6.49. The van der Waals surface area contributed by atoms with Crippen molar-refractivity contribution in [2.75, 3.05) is 39.3 Å². The van der Waals surface area contributed by atoms with E-state index in [0.717, 1.165) is 51.1 Å². The van der Waals surface area contributed by atoms with Gasteiger partial charge in [-0.05, 0) is 37.1 Å². The molecule has 0 radical (unpaired) electrons. The van der Waals surface area contributed by atoms with Crippen molar-refractivity contribution in [2.45, 2.75) is 19.3 Å². The van der Waals surface area contributed by atoms with Gasteiger partial charge in [-0.15, -0.1) is 0 Å². The monoisotopic (exact) mass is 310 g/mol. The minimum atomic E-state index is 0.173. The van der Waals surface area contributed by atoms with Crippen LogP contribution in [0.5, 0.6) is 0 Å². The molecule has 1 aliphatic heterocycles. The Labute approximate surface area is 131 Å². The zero-order valence-electron chi connectivity index (χ0n) is 12.3. The smallest absolute Gasteiger partial charge is 0.227 e. The molecule has 0 atom stereocenters. The highest BCUT2D eigenvalue weighted by Gasteiger charge is 2.20. The fourth-order valence-electron chi connectivity index (χ4n) is 2.60. The predicted octanol–water partition coefficient (Wildman–Crippen LogP) is 1.80. The lowest BCUT2D eigenvalue weighted by molar-refractivity contribution is -0.132. The van der Waals surface area contributed by atoms with E-state index in [4.69, 9.17) is 16.7 Å². The molecule has 4 nitrogen and oxygen atoms in total. The number of aliphatic hydroxyl groups excluding tert-OH is 1. The molecule has 1 N–H and O–H groups in total. The summed E-state index contributed by atoms with van der Waals surface area (Å²) in [6.45, 7) is 4.70. The molecule has 0 bridgehead atoms. The molecule has 0 spiro atoms. The summed E-state index contributed by atoms with van der Waals surface area (Å²) in [5.74, 6) is 0.173. The zero-order valence-corrected chi connectivity index (χ0v) is 13.1. The summed E-state index contributed by atoms with van der Waals surface area (Å²) in [4.78, 5) is 16.6. The highest BCUT2D eigenvalue weighted by atomic mass is 35.5. The largest absolute Gasteiger partial charge is 0.396 e. The van der Waals surface area contributed by atoms with Gasteiger partial charge in [0.1, 0.15) is 0 Å². The maximum Gasteiger partial charge on any atom is 0.227 e. The quantitative estimate of drug-likeness (QED) is 0.815. The van der Waals surface area contributed by atoms with Crippen molar-refractivity contribution in [2.24, 2.45) is 0 Å². The van der Waals surface area contributed by atoms with E-state index >= 15 is 0 Å². The first-order valence-electron chi connectivity index (χ1n) is 7.54. The number of amides is 1. The third kappa shape index (κ3) is 5.30. The van der Waals surface area contributed by atoms with Gasteiger partial charge in [-0.2, -0.15) is 0 Å². The van der Waals surface area contributed by atoms with E-state index in [2.05, 4.69) is 4.90 Å². The van der Waals surface area contributed by atoms with Crippen molar-refractivity contribution in [3.05, 3.63) is 34.9 Å². The minimum absolute atomic E-state index is 0.173.